The number of para-hydroxylation sites is 1. The minimum atomic E-state index is -5.03. The second-order valence-corrected chi connectivity index (χ2v) is 8.03. The lowest BCUT2D eigenvalue weighted by atomic mass is 10.3. The average molecular weight is 364 g/mol. The lowest BCUT2D eigenvalue weighted by Gasteiger charge is -2.16. The zero-order chi connectivity index (χ0) is 16.4. The molecule has 2 rings (SSSR count). The number of aromatic nitrogens is 2. The Morgan fingerprint density at radius 2 is 1.73 bits per heavy atom. The smallest absolute Gasteiger partial charge is 0.404 e. The summed E-state index contributed by atoms with van der Waals surface area (Å²) < 4.78 is 20.5. The summed E-state index contributed by atoms with van der Waals surface area (Å²) in [5, 5.41) is 3.81. The maximum atomic E-state index is 11.8. The molecule has 0 saturated carbocycles. The van der Waals surface area contributed by atoms with E-state index in [1.807, 2.05) is 0 Å². The lowest BCUT2D eigenvalue weighted by Crippen LogP contribution is -2.20. The van der Waals surface area contributed by atoms with Crippen LogP contribution in [0.4, 0.5) is 0 Å². The van der Waals surface area contributed by atoms with Gasteiger partial charge in [-0.2, -0.15) is 8.99 Å². The summed E-state index contributed by atoms with van der Waals surface area (Å²) in [6.07, 6.45) is 0. The van der Waals surface area contributed by atoms with Crippen molar-refractivity contribution in [1.29, 1.82) is 0 Å². The Kier molecular flexibility index (Phi) is 4.93. The normalized spacial score (nSPS) is 14.3. The summed E-state index contributed by atoms with van der Waals surface area (Å²) in [4.78, 5) is 38.7. The molecule has 0 fully saturated rings. The number of hydrogen-bond acceptors (Lipinski definition) is 6. The summed E-state index contributed by atoms with van der Waals surface area (Å²) in [6, 6.07) is 10.5. The number of nitrogens with zero attached hydrogens (tertiary/aromatic N) is 2. The molecule has 0 bridgehead atoms. The van der Waals surface area contributed by atoms with Gasteiger partial charge in [0.2, 0.25) is 5.88 Å². The highest BCUT2D eigenvalue weighted by Crippen LogP contribution is 2.57. The Morgan fingerprint density at radius 3 is 2.32 bits per heavy atom. The van der Waals surface area contributed by atoms with Crippen molar-refractivity contribution >= 4 is 26.3 Å². The molecule has 0 aliphatic carbocycles. The molecule has 1 aromatic carbocycles. The number of phosphoric acid groups is 1. The molecule has 1 atom stereocenters. The number of rotatable bonds is 5. The largest absolute Gasteiger partial charge is 0.477 e. The topological polar surface area (TPSA) is 131 Å². The molecule has 9 nitrogen and oxygen atoms in total. The molecular weight excluding hydrogens is 354 g/mol. The third-order valence-corrected chi connectivity index (χ3v) is 5.11. The van der Waals surface area contributed by atoms with Crippen LogP contribution in [0.25, 0.3) is 5.69 Å². The molecule has 3 N–H and O–H groups in total. The Labute approximate surface area is 129 Å². The molecule has 0 spiro atoms. The molecule has 22 heavy (non-hydrogen) atoms. The van der Waals surface area contributed by atoms with Gasteiger partial charge >= 0.3 is 14.5 Å². The second-order valence-electron chi connectivity index (χ2n) is 3.89. The molecule has 1 heterocycles. The van der Waals surface area contributed by atoms with E-state index < -0.39 is 20.1 Å². The van der Waals surface area contributed by atoms with Crippen LogP contribution in [0.1, 0.15) is 0 Å². The third kappa shape index (κ3) is 4.82. The fourth-order valence-corrected chi connectivity index (χ4v) is 4.02. The van der Waals surface area contributed by atoms with Gasteiger partial charge in [0, 0.05) is 23.9 Å². The number of benzene rings is 1. The van der Waals surface area contributed by atoms with Gasteiger partial charge in [0.25, 0.3) is 5.56 Å². The van der Waals surface area contributed by atoms with E-state index in [-0.39, 0.29) is 5.88 Å². The van der Waals surface area contributed by atoms with Crippen molar-refractivity contribution in [2.24, 2.45) is 0 Å². The van der Waals surface area contributed by atoms with Crippen LogP contribution in [0.2, 0.25) is 0 Å². The Balaban J connectivity index is 2.33. The SMILES string of the molecule is O=c1ccc(OP(O)(=S)OP(=O)(O)O)nn1-c1ccccc1. The maximum Gasteiger partial charge on any atom is 0.477 e. The highest BCUT2D eigenvalue weighted by Gasteiger charge is 2.29. The Bertz CT molecular complexity index is 820. The fraction of sp³-hybridized carbons (Fsp3) is 0. The number of hydrogen-bond donors (Lipinski definition) is 3. The molecular formula is C10H10N2O7P2S. The first-order valence-electron chi connectivity index (χ1n) is 5.61. The van der Waals surface area contributed by atoms with Crippen LogP contribution in [0.3, 0.4) is 0 Å². The van der Waals surface area contributed by atoms with E-state index in [4.69, 9.17) is 14.3 Å². The maximum absolute atomic E-state index is 11.8. The summed E-state index contributed by atoms with van der Waals surface area (Å²) in [6.45, 7) is -4.27. The molecule has 0 saturated heterocycles. The fourth-order valence-electron chi connectivity index (χ4n) is 1.47. The Morgan fingerprint density at radius 1 is 1.09 bits per heavy atom. The zero-order valence-electron chi connectivity index (χ0n) is 10.7. The molecule has 0 aliphatic heterocycles. The summed E-state index contributed by atoms with van der Waals surface area (Å²) in [7, 11) is -5.03. The van der Waals surface area contributed by atoms with Crippen molar-refractivity contribution in [2.75, 3.05) is 0 Å². The highest BCUT2D eigenvalue weighted by atomic mass is 32.5. The predicted octanol–water partition coefficient (Wildman–Crippen LogP) is 0.937. The van der Waals surface area contributed by atoms with Crippen LogP contribution >= 0.6 is 14.5 Å². The standard InChI is InChI=1S/C10H10N2O7P2S/c13-10-7-6-9(18-21(17,22)19-20(14,15)16)11-12(10)8-4-2-1-3-5-8/h1-7H,(H,17,22)(H2,14,15,16). The van der Waals surface area contributed by atoms with Crippen LogP contribution < -0.4 is 10.1 Å². The lowest BCUT2D eigenvalue weighted by molar-refractivity contribution is 0.260. The van der Waals surface area contributed by atoms with Crippen LogP contribution in [-0.4, -0.2) is 24.5 Å². The van der Waals surface area contributed by atoms with Crippen molar-refractivity contribution < 1.29 is 28.1 Å². The molecule has 1 unspecified atom stereocenters. The van der Waals surface area contributed by atoms with E-state index in [1.54, 1.807) is 30.3 Å². The van der Waals surface area contributed by atoms with Crippen LogP contribution in [0, 0.1) is 0 Å². The molecule has 2 aromatic rings. The predicted molar refractivity (Wildman–Crippen MR) is 80.1 cm³/mol. The van der Waals surface area contributed by atoms with E-state index in [0.29, 0.717) is 5.69 Å². The van der Waals surface area contributed by atoms with Gasteiger partial charge in [-0.15, -0.1) is 5.10 Å². The quantitative estimate of drug-likeness (QED) is 0.663. The summed E-state index contributed by atoms with van der Waals surface area (Å²) >= 11 is 4.47. The minimum Gasteiger partial charge on any atom is -0.404 e. The van der Waals surface area contributed by atoms with Crippen LogP contribution in [0.5, 0.6) is 5.88 Å². The van der Waals surface area contributed by atoms with Crippen molar-refractivity contribution in [3.63, 3.8) is 0 Å². The van der Waals surface area contributed by atoms with Gasteiger partial charge in [0.05, 0.1) is 5.69 Å². The van der Waals surface area contributed by atoms with Gasteiger partial charge < -0.3 is 19.2 Å². The Hall–Kier alpha value is -1.38. The van der Waals surface area contributed by atoms with Crippen molar-refractivity contribution in [3.8, 4) is 11.6 Å². The van der Waals surface area contributed by atoms with E-state index in [1.165, 1.54) is 0 Å². The van der Waals surface area contributed by atoms with E-state index in [0.717, 1.165) is 16.8 Å². The molecule has 1 aromatic heterocycles. The molecule has 0 radical (unpaired) electrons. The van der Waals surface area contributed by atoms with Crippen LogP contribution in [0.15, 0.2) is 47.3 Å². The van der Waals surface area contributed by atoms with Gasteiger partial charge in [0.15, 0.2) is 0 Å². The van der Waals surface area contributed by atoms with Gasteiger partial charge in [-0.1, -0.05) is 18.2 Å². The monoisotopic (exact) mass is 364 g/mol. The third-order valence-electron chi connectivity index (χ3n) is 2.19. The minimum absolute atomic E-state index is 0.317. The second kappa shape index (κ2) is 6.39. The summed E-state index contributed by atoms with van der Waals surface area (Å²) in [5.41, 5.74) is -0.0409. The van der Waals surface area contributed by atoms with Gasteiger partial charge in [-0.3, -0.25) is 4.79 Å². The highest BCUT2D eigenvalue weighted by molar-refractivity contribution is 8.08. The van der Waals surface area contributed by atoms with Gasteiger partial charge in [0.1, 0.15) is 0 Å². The van der Waals surface area contributed by atoms with Crippen molar-refractivity contribution in [3.05, 3.63) is 52.8 Å². The van der Waals surface area contributed by atoms with E-state index >= 15 is 0 Å². The van der Waals surface area contributed by atoms with Gasteiger partial charge in [-0.25, -0.2) is 4.57 Å². The van der Waals surface area contributed by atoms with Crippen molar-refractivity contribution in [2.45, 2.75) is 0 Å². The van der Waals surface area contributed by atoms with E-state index in [9.17, 15) is 14.3 Å². The molecule has 118 valence electrons. The first-order chi connectivity index (χ1) is 10.2. The zero-order valence-corrected chi connectivity index (χ0v) is 13.3. The van der Waals surface area contributed by atoms with Gasteiger partial charge in [-0.05, 0) is 12.1 Å². The average Bonchev–Trinajstić information content (AvgIpc) is 2.39. The molecule has 0 aliphatic rings. The molecule has 12 heteroatoms. The first-order valence-corrected chi connectivity index (χ1v) is 9.73. The first kappa shape index (κ1) is 17.0. The van der Waals surface area contributed by atoms with Crippen LogP contribution in [-0.2, 0) is 20.7 Å². The summed E-state index contributed by atoms with van der Waals surface area (Å²) in [5.74, 6) is -0.317. The molecule has 0 amide bonds. The van der Waals surface area contributed by atoms with E-state index in [2.05, 4.69) is 21.2 Å². The van der Waals surface area contributed by atoms with Crippen molar-refractivity contribution in [1.82, 2.24) is 9.78 Å².